The lowest BCUT2D eigenvalue weighted by Gasteiger charge is -2.63. The molecule has 2 aliphatic rings. The van der Waals surface area contributed by atoms with Gasteiger partial charge in [-0.05, 0) is 53.8 Å². The van der Waals surface area contributed by atoms with Crippen molar-refractivity contribution in [3.05, 3.63) is 0 Å². The molecule has 0 amide bonds. The second-order valence-electron chi connectivity index (χ2n) is 8.54. The predicted molar refractivity (Wildman–Crippen MR) is 80.6 cm³/mol. The summed E-state index contributed by atoms with van der Waals surface area (Å²) in [6.07, 6.45) is 10.3. The van der Waals surface area contributed by atoms with Crippen LogP contribution in [0.2, 0.25) is 0 Å². The fraction of sp³-hybridized carbons (Fsp3) is 1.00. The highest BCUT2D eigenvalue weighted by Crippen LogP contribution is 2.65. The lowest BCUT2D eigenvalue weighted by atomic mass is 9.41. The predicted octanol–water partition coefficient (Wildman–Crippen LogP) is 6.06. The minimum Gasteiger partial charge on any atom is -0.0620 e. The molecule has 0 aromatic rings. The Morgan fingerprint density at radius 1 is 0.778 bits per heavy atom. The van der Waals surface area contributed by atoms with Crippen LogP contribution >= 0.6 is 0 Å². The van der Waals surface area contributed by atoms with Crippen molar-refractivity contribution in [3.63, 3.8) is 0 Å². The van der Waals surface area contributed by atoms with E-state index in [4.69, 9.17) is 0 Å². The van der Waals surface area contributed by atoms with Gasteiger partial charge >= 0.3 is 0 Å². The first-order valence-electron chi connectivity index (χ1n) is 8.23. The Labute approximate surface area is 115 Å². The Morgan fingerprint density at radius 3 is 1.89 bits per heavy atom. The molecule has 0 heterocycles. The topological polar surface area (TPSA) is 0 Å². The van der Waals surface area contributed by atoms with Crippen LogP contribution in [0, 0.1) is 28.1 Å². The van der Waals surface area contributed by atoms with Gasteiger partial charge in [0.2, 0.25) is 0 Å². The maximum Gasteiger partial charge on any atom is -0.0241 e. The Balaban J connectivity index is 2.31. The standard InChI is InChI=1S/C18H34/c1-14-12-13-18(6,15-10-8-7-9-11-15)17(4,5)16(14,2)3/h14-15H,7-13H2,1-6H3. The Morgan fingerprint density at radius 2 is 1.33 bits per heavy atom. The molecule has 0 radical (unpaired) electrons. The van der Waals surface area contributed by atoms with Gasteiger partial charge in [0, 0.05) is 0 Å². The molecule has 2 saturated carbocycles. The lowest BCUT2D eigenvalue weighted by Crippen LogP contribution is -2.56. The number of hydrogen-bond donors (Lipinski definition) is 0. The zero-order valence-electron chi connectivity index (χ0n) is 13.6. The van der Waals surface area contributed by atoms with Crippen molar-refractivity contribution in [3.8, 4) is 0 Å². The van der Waals surface area contributed by atoms with Crippen LogP contribution in [0.25, 0.3) is 0 Å². The van der Waals surface area contributed by atoms with E-state index < -0.39 is 0 Å². The van der Waals surface area contributed by atoms with E-state index in [0.29, 0.717) is 16.2 Å². The molecule has 0 saturated heterocycles. The van der Waals surface area contributed by atoms with Crippen LogP contribution in [0.3, 0.4) is 0 Å². The summed E-state index contributed by atoms with van der Waals surface area (Å²) >= 11 is 0. The Bertz CT molecular complexity index is 293. The molecule has 2 atom stereocenters. The summed E-state index contributed by atoms with van der Waals surface area (Å²) in [5.74, 6) is 1.84. The Kier molecular flexibility index (Phi) is 3.63. The summed E-state index contributed by atoms with van der Waals surface area (Å²) in [5.41, 5.74) is 1.49. The first-order valence-corrected chi connectivity index (χ1v) is 8.23. The average molecular weight is 250 g/mol. The van der Waals surface area contributed by atoms with E-state index in [1.165, 1.54) is 44.9 Å². The zero-order chi connectivity index (χ0) is 13.6. The molecule has 0 aliphatic heterocycles. The van der Waals surface area contributed by atoms with Crippen molar-refractivity contribution in [2.75, 3.05) is 0 Å². The van der Waals surface area contributed by atoms with E-state index in [9.17, 15) is 0 Å². The number of hydrogen-bond acceptors (Lipinski definition) is 0. The summed E-state index contributed by atoms with van der Waals surface area (Å²) in [5, 5.41) is 0. The van der Waals surface area contributed by atoms with Gasteiger partial charge in [-0.3, -0.25) is 0 Å². The molecule has 2 rings (SSSR count). The summed E-state index contributed by atoms with van der Waals surface area (Å²) in [4.78, 5) is 0. The van der Waals surface area contributed by atoms with E-state index in [1.807, 2.05) is 0 Å². The maximum absolute atomic E-state index is 2.62. The lowest BCUT2D eigenvalue weighted by molar-refractivity contribution is -0.144. The van der Waals surface area contributed by atoms with E-state index >= 15 is 0 Å². The van der Waals surface area contributed by atoms with Gasteiger partial charge in [0.15, 0.2) is 0 Å². The minimum atomic E-state index is 0.458. The van der Waals surface area contributed by atoms with Gasteiger partial charge in [0.25, 0.3) is 0 Å². The van der Waals surface area contributed by atoms with Crippen molar-refractivity contribution in [2.45, 2.75) is 86.5 Å². The van der Waals surface area contributed by atoms with Crippen LogP contribution in [0.15, 0.2) is 0 Å². The maximum atomic E-state index is 2.62. The number of rotatable bonds is 1. The van der Waals surface area contributed by atoms with Gasteiger partial charge in [-0.15, -0.1) is 0 Å². The third kappa shape index (κ3) is 1.86. The van der Waals surface area contributed by atoms with Crippen molar-refractivity contribution < 1.29 is 0 Å². The zero-order valence-corrected chi connectivity index (χ0v) is 13.6. The largest absolute Gasteiger partial charge is 0.0620 e. The molecule has 0 nitrogen and oxygen atoms in total. The molecule has 0 heteroatoms. The fourth-order valence-electron chi connectivity index (χ4n) is 5.00. The van der Waals surface area contributed by atoms with Crippen LogP contribution in [0.1, 0.15) is 86.5 Å². The normalized spacial score (nSPS) is 40.7. The molecule has 106 valence electrons. The smallest absolute Gasteiger partial charge is 0.0241 e. The van der Waals surface area contributed by atoms with Gasteiger partial charge < -0.3 is 0 Å². The molecule has 0 aromatic carbocycles. The summed E-state index contributed by atoms with van der Waals surface area (Å²) in [6.45, 7) is 15.3. The van der Waals surface area contributed by atoms with Crippen molar-refractivity contribution >= 4 is 0 Å². The first-order chi connectivity index (χ1) is 8.23. The third-order valence-electron chi connectivity index (χ3n) is 7.87. The highest BCUT2D eigenvalue weighted by Gasteiger charge is 2.57. The van der Waals surface area contributed by atoms with Gasteiger partial charge in [-0.2, -0.15) is 0 Å². The summed E-state index contributed by atoms with van der Waals surface area (Å²) in [6, 6.07) is 0. The quantitative estimate of drug-likeness (QED) is 0.531. The molecule has 2 aliphatic carbocycles. The molecule has 0 aromatic heterocycles. The average Bonchev–Trinajstić information content (AvgIpc) is 2.34. The molecular formula is C18H34. The highest BCUT2D eigenvalue weighted by atomic mass is 14.6. The third-order valence-corrected chi connectivity index (χ3v) is 7.87. The molecule has 2 unspecified atom stereocenters. The van der Waals surface area contributed by atoms with Gasteiger partial charge in [-0.1, -0.05) is 60.8 Å². The monoisotopic (exact) mass is 250 g/mol. The van der Waals surface area contributed by atoms with Crippen LogP contribution in [-0.4, -0.2) is 0 Å². The molecule has 0 bridgehead atoms. The van der Waals surface area contributed by atoms with Crippen LogP contribution < -0.4 is 0 Å². The van der Waals surface area contributed by atoms with E-state index in [0.717, 1.165) is 11.8 Å². The van der Waals surface area contributed by atoms with Crippen molar-refractivity contribution in [2.24, 2.45) is 28.1 Å². The van der Waals surface area contributed by atoms with Crippen LogP contribution in [0.5, 0.6) is 0 Å². The SMILES string of the molecule is CC1CCC(C)(C2CCCCC2)C(C)(C)C1(C)C. The Hall–Kier alpha value is 0. The van der Waals surface area contributed by atoms with E-state index in [2.05, 4.69) is 41.5 Å². The summed E-state index contributed by atoms with van der Waals surface area (Å²) in [7, 11) is 0. The molecule has 2 fully saturated rings. The highest BCUT2D eigenvalue weighted by molar-refractivity contribution is 5.06. The van der Waals surface area contributed by atoms with E-state index in [-0.39, 0.29) is 0 Å². The second-order valence-corrected chi connectivity index (χ2v) is 8.54. The van der Waals surface area contributed by atoms with Crippen LogP contribution in [0.4, 0.5) is 0 Å². The molecule has 0 N–H and O–H groups in total. The second kappa shape index (κ2) is 4.53. The van der Waals surface area contributed by atoms with Crippen LogP contribution in [-0.2, 0) is 0 Å². The molecule has 18 heavy (non-hydrogen) atoms. The van der Waals surface area contributed by atoms with Crippen molar-refractivity contribution in [1.82, 2.24) is 0 Å². The van der Waals surface area contributed by atoms with Gasteiger partial charge in [0.1, 0.15) is 0 Å². The molecular weight excluding hydrogens is 216 g/mol. The minimum absolute atomic E-state index is 0.458. The van der Waals surface area contributed by atoms with Crippen molar-refractivity contribution in [1.29, 1.82) is 0 Å². The summed E-state index contributed by atoms with van der Waals surface area (Å²) < 4.78 is 0. The first kappa shape index (κ1) is 14.4. The van der Waals surface area contributed by atoms with Gasteiger partial charge in [-0.25, -0.2) is 0 Å². The van der Waals surface area contributed by atoms with E-state index in [1.54, 1.807) is 0 Å². The fourth-order valence-corrected chi connectivity index (χ4v) is 5.00. The molecule has 0 spiro atoms. The van der Waals surface area contributed by atoms with Gasteiger partial charge in [0.05, 0.1) is 0 Å².